The van der Waals surface area contributed by atoms with E-state index in [0.717, 1.165) is 32.4 Å². The first-order valence-electron chi connectivity index (χ1n) is 7.37. The van der Waals surface area contributed by atoms with Gasteiger partial charge in [0.15, 0.2) is 0 Å². The van der Waals surface area contributed by atoms with E-state index in [4.69, 9.17) is 0 Å². The molecule has 23 heavy (non-hydrogen) atoms. The quantitative estimate of drug-likeness (QED) is 0.434. The maximum Gasteiger partial charge on any atom is 0.106 e. The van der Waals surface area contributed by atoms with Gasteiger partial charge in [-0.1, -0.05) is 24.3 Å². The molecule has 0 atom stereocenters. The molecule has 5 aromatic rings. The van der Waals surface area contributed by atoms with Gasteiger partial charge in [-0.15, -0.1) is 11.3 Å². The van der Waals surface area contributed by atoms with E-state index < -0.39 is 0 Å². The lowest BCUT2D eigenvalue weighted by Gasteiger charge is -2.03. The molecule has 0 radical (unpaired) electrons. The molecule has 108 valence electrons. The predicted molar refractivity (Wildman–Crippen MR) is 95.7 cm³/mol. The topological polar surface area (TPSA) is 38.7 Å². The third-order valence-electron chi connectivity index (χ3n) is 4.02. The van der Waals surface area contributed by atoms with Crippen molar-refractivity contribution in [2.24, 2.45) is 0 Å². The third-order valence-corrected chi connectivity index (χ3v) is 5.18. The van der Waals surface area contributed by atoms with Gasteiger partial charge in [0.1, 0.15) is 5.69 Å². The van der Waals surface area contributed by atoms with Gasteiger partial charge < -0.3 is 0 Å². The Hall–Kier alpha value is -2.85. The van der Waals surface area contributed by atoms with Crippen LogP contribution in [0.25, 0.3) is 42.5 Å². The van der Waals surface area contributed by atoms with E-state index in [9.17, 15) is 0 Å². The van der Waals surface area contributed by atoms with Crippen molar-refractivity contribution < 1.29 is 0 Å². The summed E-state index contributed by atoms with van der Waals surface area (Å²) in [5, 5.41) is 3.46. The van der Waals surface area contributed by atoms with Crippen molar-refractivity contribution in [3.63, 3.8) is 0 Å². The maximum absolute atomic E-state index is 4.62. The Kier molecular flexibility index (Phi) is 2.66. The molecular weight excluding hydrogens is 302 g/mol. The zero-order valence-electron chi connectivity index (χ0n) is 12.1. The summed E-state index contributed by atoms with van der Waals surface area (Å²) in [6.45, 7) is 0. The van der Waals surface area contributed by atoms with E-state index in [1.807, 2.05) is 42.9 Å². The number of aromatic nitrogens is 3. The largest absolute Gasteiger partial charge is 0.255 e. The van der Waals surface area contributed by atoms with Crippen molar-refractivity contribution in [2.75, 3.05) is 0 Å². The van der Waals surface area contributed by atoms with Gasteiger partial charge in [-0.2, -0.15) is 0 Å². The molecule has 0 spiro atoms. The lowest BCUT2D eigenvalue weighted by molar-refractivity contribution is 1.29. The highest BCUT2D eigenvalue weighted by molar-refractivity contribution is 7.26. The van der Waals surface area contributed by atoms with Crippen molar-refractivity contribution in [3.05, 3.63) is 67.1 Å². The van der Waals surface area contributed by atoms with Crippen LogP contribution < -0.4 is 0 Å². The molecule has 0 N–H and O–H groups in total. The summed E-state index contributed by atoms with van der Waals surface area (Å²) in [7, 11) is 0. The van der Waals surface area contributed by atoms with Crippen molar-refractivity contribution in [3.8, 4) is 11.4 Å². The number of benzene rings is 1. The number of hydrogen-bond donors (Lipinski definition) is 0. The van der Waals surface area contributed by atoms with Crippen LogP contribution in [0.5, 0.6) is 0 Å². The number of thiophene rings is 1. The Labute approximate surface area is 136 Å². The summed E-state index contributed by atoms with van der Waals surface area (Å²) in [5.74, 6) is 0. The molecule has 0 amide bonds. The van der Waals surface area contributed by atoms with Crippen molar-refractivity contribution in [1.29, 1.82) is 0 Å². The average molecular weight is 313 g/mol. The van der Waals surface area contributed by atoms with Gasteiger partial charge in [0.05, 0.1) is 20.6 Å². The Morgan fingerprint density at radius 3 is 2.65 bits per heavy atom. The highest BCUT2D eigenvalue weighted by atomic mass is 32.1. The fourth-order valence-corrected chi connectivity index (χ4v) is 4.07. The van der Waals surface area contributed by atoms with Crippen LogP contribution in [0.1, 0.15) is 0 Å². The molecule has 5 rings (SSSR count). The van der Waals surface area contributed by atoms with Crippen molar-refractivity contribution in [1.82, 2.24) is 15.0 Å². The minimum atomic E-state index is 0.904. The highest BCUT2D eigenvalue weighted by Crippen LogP contribution is 2.37. The molecule has 3 nitrogen and oxygen atoms in total. The molecule has 1 aromatic carbocycles. The number of rotatable bonds is 1. The maximum atomic E-state index is 4.62. The van der Waals surface area contributed by atoms with Gasteiger partial charge in [-0.3, -0.25) is 15.0 Å². The molecular formula is C19H11N3S. The van der Waals surface area contributed by atoms with Gasteiger partial charge in [-0.25, -0.2) is 0 Å². The minimum absolute atomic E-state index is 0.904. The summed E-state index contributed by atoms with van der Waals surface area (Å²) >= 11 is 1.72. The second kappa shape index (κ2) is 4.83. The monoisotopic (exact) mass is 313 g/mol. The average Bonchev–Trinajstić information content (AvgIpc) is 3.00. The minimum Gasteiger partial charge on any atom is -0.255 e. The van der Waals surface area contributed by atoms with Gasteiger partial charge in [0.25, 0.3) is 0 Å². The van der Waals surface area contributed by atoms with E-state index >= 15 is 0 Å². The Bertz CT molecular complexity index is 1180. The fourth-order valence-electron chi connectivity index (χ4n) is 2.92. The van der Waals surface area contributed by atoms with Crippen molar-refractivity contribution in [2.45, 2.75) is 0 Å². The molecule has 0 saturated heterocycles. The number of fused-ring (bicyclic) bond motifs is 4. The van der Waals surface area contributed by atoms with Crippen LogP contribution in [-0.2, 0) is 0 Å². The highest BCUT2D eigenvalue weighted by Gasteiger charge is 2.13. The zero-order chi connectivity index (χ0) is 15.2. The van der Waals surface area contributed by atoms with Crippen molar-refractivity contribution >= 4 is 42.4 Å². The van der Waals surface area contributed by atoms with Crippen LogP contribution >= 0.6 is 11.3 Å². The molecule has 4 heterocycles. The van der Waals surface area contributed by atoms with Crippen LogP contribution in [0.4, 0.5) is 0 Å². The molecule has 0 aliphatic carbocycles. The SMILES string of the molecule is c1ccc2cc(-c3nccc4c3sc3cccnc34)ncc2c1. The van der Waals surface area contributed by atoms with Crippen LogP contribution in [0.2, 0.25) is 0 Å². The fraction of sp³-hybridized carbons (Fsp3) is 0. The summed E-state index contributed by atoms with van der Waals surface area (Å²) in [6.07, 6.45) is 5.59. The van der Waals surface area contributed by atoms with Gasteiger partial charge >= 0.3 is 0 Å². The second-order valence-electron chi connectivity index (χ2n) is 5.41. The molecule has 0 fully saturated rings. The zero-order valence-corrected chi connectivity index (χ0v) is 12.9. The molecule has 4 aromatic heterocycles. The van der Waals surface area contributed by atoms with Gasteiger partial charge in [0.2, 0.25) is 0 Å². The summed E-state index contributed by atoms with van der Waals surface area (Å²) in [5.41, 5.74) is 2.87. The summed E-state index contributed by atoms with van der Waals surface area (Å²) in [4.78, 5) is 13.7. The van der Waals surface area contributed by atoms with E-state index in [0.29, 0.717) is 0 Å². The van der Waals surface area contributed by atoms with Crippen LogP contribution in [0.3, 0.4) is 0 Å². The predicted octanol–water partition coefficient (Wildman–Crippen LogP) is 5.06. The molecule has 4 heteroatoms. The van der Waals surface area contributed by atoms with Gasteiger partial charge in [-0.05, 0) is 29.7 Å². The smallest absolute Gasteiger partial charge is 0.106 e. The molecule has 0 aliphatic rings. The number of pyridine rings is 3. The van der Waals surface area contributed by atoms with E-state index in [1.165, 1.54) is 10.1 Å². The lowest BCUT2D eigenvalue weighted by Crippen LogP contribution is -1.87. The molecule has 0 aliphatic heterocycles. The number of nitrogens with zero attached hydrogens (tertiary/aromatic N) is 3. The lowest BCUT2D eigenvalue weighted by atomic mass is 10.1. The Morgan fingerprint density at radius 1 is 0.783 bits per heavy atom. The van der Waals surface area contributed by atoms with Crippen LogP contribution in [0, 0.1) is 0 Å². The Balaban J connectivity index is 1.84. The van der Waals surface area contributed by atoms with E-state index in [-0.39, 0.29) is 0 Å². The van der Waals surface area contributed by atoms with Crippen LogP contribution in [0.15, 0.2) is 67.1 Å². The first-order chi connectivity index (χ1) is 11.4. The van der Waals surface area contributed by atoms with Crippen LogP contribution in [-0.4, -0.2) is 15.0 Å². The summed E-state index contributed by atoms with van der Waals surface area (Å²) in [6, 6.07) is 16.5. The standard InChI is InChI=1S/C19H11N3S/c1-2-5-13-11-22-15(10-12(13)4-1)18-19-14(7-9-21-18)17-16(23-19)6-3-8-20-17/h1-11H. The summed E-state index contributed by atoms with van der Waals surface area (Å²) < 4.78 is 2.32. The van der Waals surface area contributed by atoms with Gasteiger partial charge in [0, 0.05) is 29.4 Å². The third kappa shape index (κ3) is 1.92. The van der Waals surface area contributed by atoms with E-state index in [1.54, 1.807) is 11.3 Å². The molecule has 0 bridgehead atoms. The first-order valence-corrected chi connectivity index (χ1v) is 8.19. The molecule has 0 saturated carbocycles. The normalized spacial score (nSPS) is 11.5. The second-order valence-corrected chi connectivity index (χ2v) is 6.46. The van der Waals surface area contributed by atoms with E-state index in [2.05, 4.69) is 39.2 Å². The molecule has 0 unspecified atom stereocenters. The number of hydrogen-bond acceptors (Lipinski definition) is 4. The first kappa shape index (κ1) is 12.7. The Morgan fingerprint density at radius 2 is 1.70 bits per heavy atom.